The van der Waals surface area contributed by atoms with Crippen LogP contribution in [0.5, 0.6) is 11.5 Å². The molecule has 0 radical (unpaired) electrons. The van der Waals surface area contributed by atoms with Crippen LogP contribution in [0.25, 0.3) is 6.08 Å². The Hall–Kier alpha value is -3.54. The highest BCUT2D eigenvalue weighted by Crippen LogP contribution is 2.36. The number of nitrogens with zero attached hydrogens (tertiary/aromatic N) is 2. The van der Waals surface area contributed by atoms with Gasteiger partial charge in [0.25, 0.3) is 11.1 Å². The van der Waals surface area contributed by atoms with Crippen molar-refractivity contribution in [1.29, 1.82) is 5.26 Å². The van der Waals surface area contributed by atoms with Crippen LogP contribution in [0.15, 0.2) is 76.1 Å². The van der Waals surface area contributed by atoms with Crippen molar-refractivity contribution < 1.29 is 19.1 Å². The summed E-state index contributed by atoms with van der Waals surface area (Å²) >= 11 is 4.37. The fourth-order valence-corrected chi connectivity index (χ4v) is 4.64. The molecule has 3 aromatic carbocycles. The van der Waals surface area contributed by atoms with Gasteiger partial charge in [-0.25, -0.2) is 0 Å². The van der Waals surface area contributed by atoms with Crippen molar-refractivity contribution in [2.45, 2.75) is 13.2 Å². The van der Waals surface area contributed by atoms with Gasteiger partial charge in [0.05, 0.1) is 30.2 Å². The van der Waals surface area contributed by atoms with Crippen molar-refractivity contribution in [3.63, 3.8) is 0 Å². The first kappa shape index (κ1) is 23.6. The van der Waals surface area contributed by atoms with Gasteiger partial charge >= 0.3 is 0 Å². The summed E-state index contributed by atoms with van der Waals surface area (Å²) in [6.07, 6.45) is 1.67. The summed E-state index contributed by atoms with van der Waals surface area (Å²) < 4.78 is 12.2. The van der Waals surface area contributed by atoms with Crippen molar-refractivity contribution in [2.75, 3.05) is 7.11 Å². The van der Waals surface area contributed by atoms with Crippen LogP contribution in [0.1, 0.15) is 22.3 Å². The molecule has 0 bridgehead atoms. The molecule has 1 aliphatic rings. The Bertz CT molecular complexity index is 1330. The van der Waals surface area contributed by atoms with Crippen LogP contribution < -0.4 is 9.47 Å². The van der Waals surface area contributed by atoms with Gasteiger partial charge in [-0.05, 0) is 53.2 Å². The smallest absolute Gasteiger partial charge is 0.293 e. The lowest BCUT2D eigenvalue weighted by Crippen LogP contribution is -2.27. The van der Waals surface area contributed by atoms with Crippen molar-refractivity contribution in [3.05, 3.63) is 98.4 Å². The van der Waals surface area contributed by atoms with E-state index in [9.17, 15) is 14.9 Å². The molecule has 3 aromatic rings. The number of carbonyl (C=O) groups excluding carboxylic acids is 2. The standard InChI is InChI=1S/C26H19BrN2O4S/c1-32-23-12-17(10-11-22(23)33-16-20-8-3-2-6-18(20)14-28)13-24-25(30)29(26(31)34-24)15-19-7-4-5-9-21(19)27/h2-13H,15-16H2,1H3/b24-13-. The van der Waals surface area contributed by atoms with Crippen LogP contribution in [-0.4, -0.2) is 23.2 Å². The number of methoxy groups -OCH3 is 1. The van der Waals surface area contributed by atoms with E-state index in [4.69, 9.17) is 9.47 Å². The zero-order valence-corrected chi connectivity index (χ0v) is 20.6. The number of nitriles is 1. The maximum absolute atomic E-state index is 12.9. The van der Waals surface area contributed by atoms with Gasteiger partial charge < -0.3 is 9.47 Å². The molecule has 0 N–H and O–H groups in total. The SMILES string of the molecule is COc1cc(/C=C2\SC(=O)N(Cc3ccccc3Br)C2=O)ccc1OCc1ccccc1C#N. The molecule has 0 aliphatic carbocycles. The van der Waals surface area contributed by atoms with Gasteiger partial charge in [-0.3, -0.25) is 14.5 Å². The van der Waals surface area contributed by atoms with Crippen LogP contribution in [-0.2, 0) is 17.9 Å². The molecular formula is C26H19BrN2O4S. The number of hydrogen-bond donors (Lipinski definition) is 0. The monoisotopic (exact) mass is 534 g/mol. The molecule has 0 atom stereocenters. The predicted molar refractivity (Wildman–Crippen MR) is 134 cm³/mol. The van der Waals surface area contributed by atoms with Crippen LogP contribution in [0, 0.1) is 11.3 Å². The van der Waals surface area contributed by atoms with Gasteiger partial charge in [0.1, 0.15) is 6.61 Å². The molecule has 0 saturated carbocycles. The number of hydrogen-bond acceptors (Lipinski definition) is 6. The van der Waals surface area contributed by atoms with E-state index in [1.54, 1.807) is 36.4 Å². The maximum Gasteiger partial charge on any atom is 0.293 e. The lowest BCUT2D eigenvalue weighted by atomic mass is 10.1. The van der Waals surface area contributed by atoms with E-state index in [-0.39, 0.29) is 24.3 Å². The number of ether oxygens (including phenoxy) is 2. The van der Waals surface area contributed by atoms with Gasteiger partial charge in [0.2, 0.25) is 0 Å². The van der Waals surface area contributed by atoms with Crippen LogP contribution in [0.4, 0.5) is 4.79 Å². The van der Waals surface area contributed by atoms with Crippen molar-refractivity contribution >= 4 is 44.9 Å². The fraction of sp³-hybridized carbons (Fsp3) is 0.115. The van der Waals surface area contributed by atoms with Gasteiger partial charge in [0.15, 0.2) is 11.5 Å². The molecule has 1 heterocycles. The van der Waals surface area contributed by atoms with E-state index in [2.05, 4.69) is 22.0 Å². The number of imide groups is 1. The maximum atomic E-state index is 12.9. The Labute approximate surface area is 209 Å². The normalized spacial score (nSPS) is 14.4. The average molecular weight is 535 g/mol. The third kappa shape index (κ3) is 5.16. The Kier molecular flexibility index (Phi) is 7.36. The Morgan fingerprint density at radius 3 is 2.50 bits per heavy atom. The molecule has 1 aliphatic heterocycles. The van der Waals surface area contributed by atoms with Crippen LogP contribution >= 0.6 is 27.7 Å². The van der Waals surface area contributed by atoms with Crippen LogP contribution in [0.3, 0.4) is 0 Å². The fourth-order valence-electron chi connectivity index (χ4n) is 3.39. The molecule has 1 fully saturated rings. The van der Waals surface area contributed by atoms with E-state index in [0.29, 0.717) is 27.5 Å². The van der Waals surface area contributed by atoms with E-state index >= 15 is 0 Å². The van der Waals surface area contributed by atoms with Crippen molar-refractivity contribution in [3.8, 4) is 17.6 Å². The molecular weight excluding hydrogens is 516 g/mol. The topological polar surface area (TPSA) is 79.6 Å². The summed E-state index contributed by atoms with van der Waals surface area (Å²) in [4.78, 5) is 27.0. The Morgan fingerprint density at radius 2 is 1.76 bits per heavy atom. The molecule has 0 aromatic heterocycles. The molecule has 2 amide bonds. The highest BCUT2D eigenvalue weighted by atomic mass is 79.9. The molecule has 0 spiro atoms. The number of carbonyl (C=O) groups is 2. The molecule has 1 saturated heterocycles. The number of amides is 2. The first-order valence-electron chi connectivity index (χ1n) is 10.3. The lowest BCUT2D eigenvalue weighted by Gasteiger charge is -2.13. The number of rotatable bonds is 7. The van der Waals surface area contributed by atoms with Gasteiger partial charge in [-0.2, -0.15) is 5.26 Å². The summed E-state index contributed by atoms with van der Waals surface area (Å²) in [5.74, 6) is 0.656. The van der Waals surface area contributed by atoms with Gasteiger partial charge in [-0.15, -0.1) is 0 Å². The molecule has 8 heteroatoms. The third-order valence-corrected chi connectivity index (χ3v) is 6.85. The molecule has 0 unspecified atom stereocenters. The van der Waals surface area contributed by atoms with Gasteiger partial charge in [-0.1, -0.05) is 58.4 Å². The van der Waals surface area contributed by atoms with Crippen LogP contribution in [0.2, 0.25) is 0 Å². The Morgan fingerprint density at radius 1 is 1.03 bits per heavy atom. The Balaban J connectivity index is 1.50. The summed E-state index contributed by atoms with van der Waals surface area (Å²) in [7, 11) is 1.53. The quantitative estimate of drug-likeness (QED) is 0.338. The zero-order valence-electron chi connectivity index (χ0n) is 18.2. The molecule has 4 rings (SSSR count). The van der Waals surface area contributed by atoms with E-state index in [1.807, 2.05) is 36.4 Å². The van der Waals surface area contributed by atoms with E-state index in [1.165, 1.54) is 12.0 Å². The largest absolute Gasteiger partial charge is 0.493 e. The summed E-state index contributed by atoms with van der Waals surface area (Å²) in [6.45, 7) is 0.414. The lowest BCUT2D eigenvalue weighted by molar-refractivity contribution is -0.123. The summed E-state index contributed by atoms with van der Waals surface area (Å²) in [5.41, 5.74) is 2.88. The van der Waals surface area contributed by atoms with Gasteiger partial charge in [0, 0.05) is 10.0 Å². The summed E-state index contributed by atoms with van der Waals surface area (Å²) in [5, 5.41) is 8.94. The number of thioether (sulfide) groups is 1. The second-order valence-electron chi connectivity index (χ2n) is 7.33. The molecule has 34 heavy (non-hydrogen) atoms. The highest BCUT2D eigenvalue weighted by molar-refractivity contribution is 9.10. The van der Waals surface area contributed by atoms with Crippen molar-refractivity contribution in [2.24, 2.45) is 0 Å². The minimum atomic E-state index is -0.335. The number of benzene rings is 3. The first-order chi connectivity index (χ1) is 16.5. The number of halogens is 1. The molecule has 6 nitrogen and oxygen atoms in total. The zero-order chi connectivity index (χ0) is 24.1. The second kappa shape index (κ2) is 10.6. The van der Waals surface area contributed by atoms with E-state index < -0.39 is 0 Å². The first-order valence-corrected chi connectivity index (χ1v) is 11.9. The minimum Gasteiger partial charge on any atom is -0.493 e. The summed E-state index contributed by atoms with van der Waals surface area (Å²) in [6, 6.07) is 22.1. The molecule has 170 valence electrons. The second-order valence-corrected chi connectivity index (χ2v) is 9.17. The highest BCUT2D eigenvalue weighted by Gasteiger charge is 2.35. The minimum absolute atomic E-state index is 0.198. The van der Waals surface area contributed by atoms with E-state index in [0.717, 1.165) is 27.4 Å². The van der Waals surface area contributed by atoms with Crippen molar-refractivity contribution in [1.82, 2.24) is 4.90 Å². The third-order valence-electron chi connectivity index (χ3n) is 5.17. The average Bonchev–Trinajstić information content (AvgIpc) is 3.11. The predicted octanol–water partition coefficient (Wildman–Crippen LogP) is 6.14.